The predicted molar refractivity (Wildman–Crippen MR) is 119 cm³/mol. The second-order valence-electron chi connectivity index (χ2n) is 7.43. The standard InChI is InChI=1S/C23H18F3N5O2/c1-13-3-4-14(21(32)30-16-7-8-27-20(11-16)23(24,25)26)9-19(13)29-15-5-6-18-17(10-15)22(33)31(2)12-28-18/h3-12,29H,1-2H3,(H,27,30,32). The number of pyridine rings is 1. The Balaban J connectivity index is 1.59. The van der Waals surface area contributed by atoms with E-state index in [1.807, 2.05) is 6.92 Å². The van der Waals surface area contributed by atoms with Gasteiger partial charge in [0.2, 0.25) is 0 Å². The van der Waals surface area contributed by atoms with E-state index >= 15 is 0 Å². The summed E-state index contributed by atoms with van der Waals surface area (Å²) in [7, 11) is 1.61. The average Bonchev–Trinajstić information content (AvgIpc) is 2.77. The van der Waals surface area contributed by atoms with E-state index in [4.69, 9.17) is 0 Å². The Morgan fingerprint density at radius 3 is 2.55 bits per heavy atom. The number of hydrogen-bond acceptors (Lipinski definition) is 5. The van der Waals surface area contributed by atoms with Gasteiger partial charge >= 0.3 is 6.18 Å². The summed E-state index contributed by atoms with van der Waals surface area (Å²) in [5.41, 5.74) is 1.55. The van der Waals surface area contributed by atoms with Crippen molar-refractivity contribution in [1.29, 1.82) is 0 Å². The third-order valence-electron chi connectivity index (χ3n) is 5.00. The fourth-order valence-corrected chi connectivity index (χ4v) is 3.21. The molecule has 2 aromatic carbocycles. The quantitative estimate of drug-likeness (QED) is 0.470. The number of fused-ring (bicyclic) bond motifs is 1. The lowest BCUT2D eigenvalue weighted by Gasteiger charge is -2.13. The first-order chi connectivity index (χ1) is 15.6. The maximum Gasteiger partial charge on any atom is 0.433 e. The van der Waals surface area contributed by atoms with Gasteiger partial charge in [0.05, 0.1) is 17.2 Å². The number of anilines is 3. The summed E-state index contributed by atoms with van der Waals surface area (Å²) in [6, 6.07) is 12.1. The molecule has 7 nitrogen and oxygen atoms in total. The number of aryl methyl sites for hydroxylation is 2. The van der Waals surface area contributed by atoms with Crippen LogP contribution in [0.2, 0.25) is 0 Å². The van der Waals surface area contributed by atoms with E-state index in [1.165, 1.54) is 17.0 Å². The summed E-state index contributed by atoms with van der Waals surface area (Å²) in [5, 5.41) is 6.08. The van der Waals surface area contributed by atoms with Gasteiger partial charge in [0, 0.05) is 35.9 Å². The molecule has 0 aliphatic carbocycles. The molecule has 0 saturated carbocycles. The maximum absolute atomic E-state index is 12.9. The maximum atomic E-state index is 12.9. The zero-order chi connectivity index (χ0) is 23.8. The number of carbonyl (C=O) groups excluding carboxylic acids is 1. The number of halogens is 3. The van der Waals surface area contributed by atoms with Gasteiger partial charge in [-0.05, 0) is 55.0 Å². The Bertz CT molecular complexity index is 1430. The van der Waals surface area contributed by atoms with E-state index < -0.39 is 17.8 Å². The van der Waals surface area contributed by atoms with Crippen molar-refractivity contribution in [2.75, 3.05) is 10.6 Å². The Kier molecular flexibility index (Phi) is 5.59. The highest BCUT2D eigenvalue weighted by molar-refractivity contribution is 6.05. The molecular formula is C23H18F3N5O2. The van der Waals surface area contributed by atoms with Gasteiger partial charge in [-0.1, -0.05) is 6.07 Å². The fourth-order valence-electron chi connectivity index (χ4n) is 3.21. The van der Waals surface area contributed by atoms with Crippen LogP contribution in [0, 0.1) is 6.92 Å². The van der Waals surface area contributed by atoms with Crippen molar-refractivity contribution in [1.82, 2.24) is 14.5 Å². The molecule has 2 N–H and O–H groups in total. The number of amides is 1. The Hall–Kier alpha value is -4.21. The molecule has 0 atom stereocenters. The highest BCUT2D eigenvalue weighted by Crippen LogP contribution is 2.29. The highest BCUT2D eigenvalue weighted by Gasteiger charge is 2.32. The molecule has 4 rings (SSSR count). The monoisotopic (exact) mass is 453 g/mol. The summed E-state index contributed by atoms with van der Waals surface area (Å²) < 4.78 is 40.0. The molecule has 0 spiro atoms. The lowest BCUT2D eigenvalue weighted by atomic mass is 10.1. The average molecular weight is 453 g/mol. The molecule has 0 bridgehead atoms. The van der Waals surface area contributed by atoms with Crippen LogP contribution in [0.3, 0.4) is 0 Å². The van der Waals surface area contributed by atoms with Crippen molar-refractivity contribution in [2.45, 2.75) is 13.1 Å². The molecule has 10 heteroatoms. The fraction of sp³-hybridized carbons (Fsp3) is 0.130. The molecule has 33 heavy (non-hydrogen) atoms. The van der Waals surface area contributed by atoms with Crippen molar-refractivity contribution >= 4 is 33.9 Å². The molecule has 0 fully saturated rings. The lowest BCUT2D eigenvalue weighted by Crippen LogP contribution is -2.17. The van der Waals surface area contributed by atoms with E-state index in [0.717, 1.165) is 17.8 Å². The van der Waals surface area contributed by atoms with Crippen LogP contribution in [-0.4, -0.2) is 20.4 Å². The number of alkyl halides is 3. The molecule has 0 saturated heterocycles. The Morgan fingerprint density at radius 2 is 1.79 bits per heavy atom. The summed E-state index contributed by atoms with van der Waals surface area (Å²) in [4.78, 5) is 32.5. The largest absolute Gasteiger partial charge is 0.433 e. The molecule has 2 heterocycles. The SMILES string of the molecule is Cc1ccc(C(=O)Nc2ccnc(C(F)(F)F)c2)cc1Nc1ccc2ncn(C)c(=O)c2c1. The van der Waals surface area contributed by atoms with Gasteiger partial charge in [-0.3, -0.25) is 14.6 Å². The molecular weight excluding hydrogens is 435 g/mol. The van der Waals surface area contributed by atoms with Crippen LogP contribution in [0.25, 0.3) is 10.9 Å². The van der Waals surface area contributed by atoms with Gasteiger partial charge in [0.15, 0.2) is 0 Å². The molecule has 2 aromatic heterocycles. The molecule has 1 amide bonds. The van der Waals surface area contributed by atoms with E-state index in [0.29, 0.717) is 22.3 Å². The van der Waals surface area contributed by atoms with Crippen LogP contribution in [-0.2, 0) is 13.2 Å². The molecule has 0 aliphatic heterocycles. The van der Waals surface area contributed by atoms with Crippen LogP contribution < -0.4 is 16.2 Å². The molecule has 168 valence electrons. The molecule has 0 unspecified atom stereocenters. The molecule has 0 radical (unpaired) electrons. The van der Waals surface area contributed by atoms with Gasteiger partial charge in [-0.2, -0.15) is 13.2 Å². The van der Waals surface area contributed by atoms with E-state index in [2.05, 4.69) is 20.6 Å². The number of aromatic nitrogens is 3. The first kappa shape index (κ1) is 22.0. The summed E-state index contributed by atoms with van der Waals surface area (Å²) >= 11 is 0. The zero-order valence-corrected chi connectivity index (χ0v) is 17.6. The summed E-state index contributed by atoms with van der Waals surface area (Å²) in [5.74, 6) is -0.575. The van der Waals surface area contributed by atoms with Crippen LogP contribution in [0.5, 0.6) is 0 Å². The van der Waals surface area contributed by atoms with Gasteiger partial charge in [0.1, 0.15) is 5.69 Å². The zero-order valence-electron chi connectivity index (χ0n) is 17.6. The van der Waals surface area contributed by atoms with Gasteiger partial charge in [0.25, 0.3) is 11.5 Å². The van der Waals surface area contributed by atoms with Crippen LogP contribution in [0.1, 0.15) is 21.6 Å². The van der Waals surface area contributed by atoms with Crippen molar-refractivity contribution < 1.29 is 18.0 Å². The van der Waals surface area contributed by atoms with Crippen LogP contribution in [0.15, 0.2) is 65.8 Å². The number of nitrogens with one attached hydrogen (secondary N) is 2. The second kappa shape index (κ2) is 8.38. The first-order valence-corrected chi connectivity index (χ1v) is 9.79. The smallest absolute Gasteiger partial charge is 0.355 e. The predicted octanol–water partition coefficient (Wildman–Crippen LogP) is 4.65. The number of nitrogens with zero attached hydrogens (tertiary/aromatic N) is 3. The molecule has 4 aromatic rings. The first-order valence-electron chi connectivity index (χ1n) is 9.79. The summed E-state index contributed by atoms with van der Waals surface area (Å²) in [6.45, 7) is 1.84. The molecule has 0 aliphatic rings. The van der Waals surface area contributed by atoms with Crippen molar-refractivity contribution in [3.05, 3.63) is 88.2 Å². The van der Waals surface area contributed by atoms with Gasteiger partial charge in [-0.25, -0.2) is 4.98 Å². The minimum atomic E-state index is -4.61. The van der Waals surface area contributed by atoms with Crippen molar-refractivity contribution in [3.8, 4) is 0 Å². The van der Waals surface area contributed by atoms with Gasteiger partial charge < -0.3 is 15.2 Å². The van der Waals surface area contributed by atoms with E-state index in [9.17, 15) is 22.8 Å². The van der Waals surface area contributed by atoms with E-state index in [1.54, 1.807) is 43.4 Å². The Labute approximate surface area is 185 Å². The van der Waals surface area contributed by atoms with E-state index in [-0.39, 0.29) is 16.8 Å². The topological polar surface area (TPSA) is 88.9 Å². The number of rotatable bonds is 4. The summed E-state index contributed by atoms with van der Waals surface area (Å²) in [6.07, 6.45) is -2.18. The van der Waals surface area contributed by atoms with Gasteiger partial charge in [-0.15, -0.1) is 0 Å². The van der Waals surface area contributed by atoms with Crippen LogP contribution >= 0.6 is 0 Å². The minimum absolute atomic E-state index is 0.0183. The minimum Gasteiger partial charge on any atom is -0.355 e. The number of benzene rings is 2. The highest BCUT2D eigenvalue weighted by atomic mass is 19.4. The normalized spacial score (nSPS) is 11.4. The third-order valence-corrected chi connectivity index (χ3v) is 5.00. The van der Waals surface area contributed by atoms with Crippen molar-refractivity contribution in [3.63, 3.8) is 0 Å². The number of hydrogen-bond donors (Lipinski definition) is 2. The number of carbonyl (C=O) groups is 1. The second-order valence-corrected chi connectivity index (χ2v) is 7.43. The lowest BCUT2D eigenvalue weighted by molar-refractivity contribution is -0.141. The third kappa shape index (κ3) is 4.69. The Morgan fingerprint density at radius 1 is 1.00 bits per heavy atom. The van der Waals surface area contributed by atoms with Crippen molar-refractivity contribution in [2.24, 2.45) is 7.05 Å². The van der Waals surface area contributed by atoms with Crippen LogP contribution in [0.4, 0.5) is 30.2 Å².